The monoisotopic (exact) mass is 254 g/mol. The summed E-state index contributed by atoms with van der Waals surface area (Å²) in [5.41, 5.74) is 0. The second-order valence-electron chi connectivity index (χ2n) is 5.11. The first-order chi connectivity index (χ1) is 8.76. The number of carbonyl (C=O) groups is 1. The zero-order chi connectivity index (χ0) is 13.6. The molecule has 2 heteroatoms. The molecule has 0 aromatic heterocycles. The third kappa shape index (κ3) is 9.49. The van der Waals surface area contributed by atoms with E-state index in [1.54, 1.807) is 0 Å². The van der Waals surface area contributed by atoms with Crippen molar-refractivity contribution in [2.45, 2.75) is 78.1 Å². The Hall–Kier alpha value is -0.530. The Labute approximate surface area is 114 Å². The molecular weight excluding hydrogens is 222 g/mol. The molecule has 0 N–H and O–H groups in total. The number of rotatable bonds is 12. The SMILES string of the molecule is [CH2]CCC(=O)N(CCCCCC)CCCCCC. The van der Waals surface area contributed by atoms with Gasteiger partial charge in [0.15, 0.2) is 0 Å². The fourth-order valence-corrected chi connectivity index (χ4v) is 2.13. The molecule has 0 aliphatic heterocycles. The van der Waals surface area contributed by atoms with Gasteiger partial charge in [-0.2, -0.15) is 0 Å². The minimum Gasteiger partial charge on any atom is -0.343 e. The number of nitrogens with zero attached hydrogens (tertiary/aromatic N) is 1. The van der Waals surface area contributed by atoms with Crippen molar-refractivity contribution in [2.75, 3.05) is 13.1 Å². The fourth-order valence-electron chi connectivity index (χ4n) is 2.13. The summed E-state index contributed by atoms with van der Waals surface area (Å²) in [6.45, 7) is 10.1. The van der Waals surface area contributed by atoms with Gasteiger partial charge in [0, 0.05) is 19.5 Å². The van der Waals surface area contributed by atoms with E-state index in [-0.39, 0.29) is 0 Å². The van der Waals surface area contributed by atoms with Crippen molar-refractivity contribution in [3.63, 3.8) is 0 Å². The van der Waals surface area contributed by atoms with Crippen molar-refractivity contribution in [2.24, 2.45) is 0 Å². The van der Waals surface area contributed by atoms with Crippen molar-refractivity contribution >= 4 is 5.91 Å². The average molecular weight is 254 g/mol. The van der Waals surface area contributed by atoms with Gasteiger partial charge in [-0.1, -0.05) is 59.3 Å². The normalized spacial score (nSPS) is 10.6. The predicted octanol–water partition coefficient (Wildman–Crippen LogP) is 4.59. The van der Waals surface area contributed by atoms with Crippen LogP contribution in [0.5, 0.6) is 0 Å². The van der Waals surface area contributed by atoms with E-state index in [2.05, 4.69) is 25.7 Å². The lowest BCUT2D eigenvalue weighted by atomic mass is 10.1. The Morgan fingerprint density at radius 1 is 0.889 bits per heavy atom. The van der Waals surface area contributed by atoms with Crippen molar-refractivity contribution in [3.8, 4) is 0 Å². The zero-order valence-electron chi connectivity index (χ0n) is 12.5. The molecule has 0 fully saturated rings. The molecule has 0 aromatic carbocycles. The first kappa shape index (κ1) is 17.5. The van der Waals surface area contributed by atoms with Gasteiger partial charge in [0.25, 0.3) is 0 Å². The summed E-state index contributed by atoms with van der Waals surface area (Å²) in [6, 6.07) is 0. The Balaban J connectivity index is 3.88. The third-order valence-electron chi connectivity index (χ3n) is 3.31. The van der Waals surface area contributed by atoms with Crippen molar-refractivity contribution < 1.29 is 4.79 Å². The summed E-state index contributed by atoms with van der Waals surface area (Å²) in [5, 5.41) is 0. The van der Waals surface area contributed by atoms with E-state index in [4.69, 9.17) is 0 Å². The zero-order valence-corrected chi connectivity index (χ0v) is 12.5. The summed E-state index contributed by atoms with van der Waals surface area (Å²) in [5.74, 6) is 0.304. The second kappa shape index (κ2) is 12.9. The third-order valence-corrected chi connectivity index (χ3v) is 3.31. The first-order valence-corrected chi connectivity index (χ1v) is 7.83. The van der Waals surface area contributed by atoms with Crippen LogP contribution in [0.2, 0.25) is 0 Å². The van der Waals surface area contributed by atoms with Crippen LogP contribution in [0.25, 0.3) is 0 Å². The van der Waals surface area contributed by atoms with Gasteiger partial charge in [0.1, 0.15) is 0 Å². The van der Waals surface area contributed by atoms with E-state index in [1.807, 2.05) is 0 Å². The molecule has 1 amide bonds. The van der Waals surface area contributed by atoms with Gasteiger partial charge in [-0.3, -0.25) is 4.79 Å². The van der Waals surface area contributed by atoms with Gasteiger partial charge in [-0.15, -0.1) is 0 Å². The lowest BCUT2D eigenvalue weighted by Gasteiger charge is -2.22. The van der Waals surface area contributed by atoms with Crippen LogP contribution < -0.4 is 0 Å². The van der Waals surface area contributed by atoms with Crippen LogP contribution in [0.15, 0.2) is 0 Å². The lowest BCUT2D eigenvalue weighted by Crippen LogP contribution is -2.32. The van der Waals surface area contributed by atoms with Gasteiger partial charge in [-0.25, -0.2) is 0 Å². The highest BCUT2D eigenvalue weighted by molar-refractivity contribution is 5.76. The number of carbonyl (C=O) groups excluding carboxylic acids is 1. The quantitative estimate of drug-likeness (QED) is 0.466. The second-order valence-corrected chi connectivity index (χ2v) is 5.11. The van der Waals surface area contributed by atoms with E-state index in [0.29, 0.717) is 12.3 Å². The maximum Gasteiger partial charge on any atom is 0.222 e. The van der Waals surface area contributed by atoms with Crippen molar-refractivity contribution in [1.82, 2.24) is 4.90 Å². The Morgan fingerprint density at radius 2 is 1.39 bits per heavy atom. The maximum absolute atomic E-state index is 12.0. The fraction of sp³-hybridized carbons (Fsp3) is 0.875. The average Bonchev–Trinajstić information content (AvgIpc) is 2.37. The molecule has 0 atom stereocenters. The summed E-state index contributed by atoms with van der Waals surface area (Å²) < 4.78 is 0. The molecule has 0 unspecified atom stereocenters. The van der Waals surface area contributed by atoms with Gasteiger partial charge >= 0.3 is 0 Å². The number of amides is 1. The number of unbranched alkanes of at least 4 members (excludes halogenated alkanes) is 6. The predicted molar refractivity (Wildman–Crippen MR) is 79.5 cm³/mol. The highest BCUT2D eigenvalue weighted by atomic mass is 16.2. The topological polar surface area (TPSA) is 20.3 Å². The number of hydrogen-bond acceptors (Lipinski definition) is 1. The molecule has 1 radical (unpaired) electrons. The minimum absolute atomic E-state index is 0.304. The molecule has 0 saturated heterocycles. The smallest absolute Gasteiger partial charge is 0.222 e. The molecule has 2 nitrogen and oxygen atoms in total. The molecule has 0 rings (SSSR count). The minimum atomic E-state index is 0.304. The van der Waals surface area contributed by atoms with Crippen LogP contribution in [0, 0.1) is 6.92 Å². The molecule has 0 heterocycles. The highest BCUT2D eigenvalue weighted by Gasteiger charge is 2.11. The first-order valence-electron chi connectivity index (χ1n) is 7.83. The number of hydrogen-bond donors (Lipinski definition) is 0. The van der Waals surface area contributed by atoms with Gasteiger partial charge < -0.3 is 4.90 Å². The summed E-state index contributed by atoms with van der Waals surface area (Å²) in [4.78, 5) is 14.0. The van der Waals surface area contributed by atoms with Crippen LogP contribution in [-0.2, 0) is 4.79 Å². The van der Waals surface area contributed by atoms with Gasteiger partial charge in [0.2, 0.25) is 5.91 Å². The molecule has 0 bridgehead atoms. The van der Waals surface area contributed by atoms with E-state index >= 15 is 0 Å². The lowest BCUT2D eigenvalue weighted by molar-refractivity contribution is -0.131. The molecule has 0 aliphatic rings. The van der Waals surface area contributed by atoms with Crippen LogP contribution in [-0.4, -0.2) is 23.9 Å². The molecule has 0 saturated carbocycles. The molecule has 0 aliphatic carbocycles. The Morgan fingerprint density at radius 3 is 1.78 bits per heavy atom. The molecular formula is C16H32NO. The van der Waals surface area contributed by atoms with Crippen LogP contribution in [0.3, 0.4) is 0 Å². The van der Waals surface area contributed by atoms with Crippen molar-refractivity contribution in [1.29, 1.82) is 0 Å². The Bertz CT molecular complexity index is 180. The highest BCUT2D eigenvalue weighted by Crippen LogP contribution is 2.07. The van der Waals surface area contributed by atoms with E-state index in [9.17, 15) is 4.79 Å². The largest absolute Gasteiger partial charge is 0.343 e. The van der Waals surface area contributed by atoms with Crippen LogP contribution in [0.4, 0.5) is 0 Å². The van der Waals surface area contributed by atoms with E-state index in [1.165, 1.54) is 38.5 Å². The van der Waals surface area contributed by atoms with Gasteiger partial charge in [-0.05, 0) is 19.3 Å². The van der Waals surface area contributed by atoms with Crippen LogP contribution >= 0.6 is 0 Å². The molecule has 18 heavy (non-hydrogen) atoms. The summed E-state index contributed by atoms with van der Waals surface area (Å²) in [6.07, 6.45) is 11.2. The van der Waals surface area contributed by atoms with Gasteiger partial charge in [0.05, 0.1) is 0 Å². The maximum atomic E-state index is 12.0. The standard InChI is InChI=1S/C16H32NO/c1-4-7-9-11-14-17(16(18)13-6-3)15-12-10-8-5-2/h3-15H2,1-2H3. The molecule has 0 aromatic rings. The molecule has 107 valence electrons. The summed E-state index contributed by atoms with van der Waals surface area (Å²) >= 11 is 0. The summed E-state index contributed by atoms with van der Waals surface area (Å²) in [7, 11) is 0. The molecule has 0 spiro atoms. The van der Waals surface area contributed by atoms with E-state index < -0.39 is 0 Å². The van der Waals surface area contributed by atoms with E-state index in [0.717, 1.165) is 32.4 Å². The Kier molecular flexibility index (Phi) is 12.5. The van der Waals surface area contributed by atoms with Crippen LogP contribution in [0.1, 0.15) is 78.1 Å². The van der Waals surface area contributed by atoms with Crippen molar-refractivity contribution in [3.05, 3.63) is 6.92 Å².